The van der Waals surface area contributed by atoms with Gasteiger partial charge in [0.05, 0.1) is 27.9 Å². The van der Waals surface area contributed by atoms with Gasteiger partial charge in [0.25, 0.3) is 0 Å². The highest BCUT2D eigenvalue weighted by Gasteiger charge is 2.17. The number of aromatic nitrogens is 5. The first kappa shape index (κ1) is 29.0. The summed E-state index contributed by atoms with van der Waals surface area (Å²) in [6.07, 6.45) is 2.06. The molecule has 4 aromatic heterocycles. The van der Waals surface area contributed by atoms with Crippen molar-refractivity contribution in [2.45, 2.75) is 0 Å². The summed E-state index contributed by atoms with van der Waals surface area (Å²) in [5, 5.41) is 2.08. The molecule has 51 heavy (non-hydrogen) atoms. The zero-order valence-electron chi connectivity index (χ0n) is 27.5. The Kier molecular flexibility index (Phi) is 6.74. The van der Waals surface area contributed by atoms with Gasteiger partial charge in [-0.25, -0.2) is 19.9 Å². The number of rotatable bonds is 5. The van der Waals surface area contributed by atoms with Gasteiger partial charge in [0.1, 0.15) is 11.2 Å². The molecule has 0 N–H and O–H groups in total. The molecular formula is C46H29N5. The van der Waals surface area contributed by atoms with Gasteiger partial charge in [0, 0.05) is 33.7 Å². The number of hydrogen-bond acceptors (Lipinski definition) is 4. The molecule has 238 valence electrons. The highest BCUT2D eigenvalue weighted by Crippen LogP contribution is 2.36. The largest absolute Gasteiger partial charge is 0.298 e. The molecule has 0 atom stereocenters. The molecule has 0 radical (unpaired) electrons. The Morgan fingerprint density at radius 3 is 1.69 bits per heavy atom. The summed E-state index contributed by atoms with van der Waals surface area (Å²) in [6.45, 7) is 0. The number of imidazole rings is 1. The van der Waals surface area contributed by atoms with Gasteiger partial charge in [-0.05, 0) is 58.7 Å². The molecule has 10 aromatic rings. The van der Waals surface area contributed by atoms with Crippen LogP contribution in [0.15, 0.2) is 176 Å². The molecule has 0 saturated carbocycles. The van der Waals surface area contributed by atoms with Crippen molar-refractivity contribution in [3.8, 4) is 56.2 Å². The van der Waals surface area contributed by atoms with Crippen LogP contribution in [-0.2, 0) is 0 Å². The first-order valence-electron chi connectivity index (χ1n) is 17.1. The van der Waals surface area contributed by atoms with Crippen LogP contribution in [0.25, 0.3) is 94.6 Å². The van der Waals surface area contributed by atoms with Crippen LogP contribution in [-0.4, -0.2) is 24.3 Å². The maximum atomic E-state index is 5.19. The maximum Gasteiger partial charge on any atom is 0.160 e. The lowest BCUT2D eigenvalue weighted by molar-refractivity contribution is 1.22. The van der Waals surface area contributed by atoms with E-state index in [0.29, 0.717) is 5.82 Å². The van der Waals surface area contributed by atoms with Crippen LogP contribution in [0.2, 0.25) is 0 Å². The summed E-state index contributed by atoms with van der Waals surface area (Å²) < 4.78 is 2.14. The zero-order valence-corrected chi connectivity index (χ0v) is 27.5. The fourth-order valence-corrected chi connectivity index (χ4v) is 7.12. The van der Waals surface area contributed by atoms with Gasteiger partial charge in [-0.3, -0.25) is 4.40 Å². The molecule has 0 aliphatic rings. The van der Waals surface area contributed by atoms with Crippen LogP contribution in [0.1, 0.15) is 0 Å². The van der Waals surface area contributed by atoms with Crippen LogP contribution in [0.3, 0.4) is 0 Å². The quantitative estimate of drug-likeness (QED) is 0.186. The zero-order chi connectivity index (χ0) is 33.7. The Morgan fingerprint density at radius 2 is 0.922 bits per heavy atom. The number of fused-ring (bicyclic) bond motifs is 6. The number of para-hydroxylation sites is 2. The minimum Gasteiger partial charge on any atom is -0.298 e. The summed E-state index contributed by atoms with van der Waals surface area (Å²) in [7, 11) is 0. The lowest BCUT2D eigenvalue weighted by atomic mass is 9.98. The van der Waals surface area contributed by atoms with E-state index in [2.05, 4.69) is 132 Å². The van der Waals surface area contributed by atoms with Gasteiger partial charge >= 0.3 is 0 Å². The second-order valence-electron chi connectivity index (χ2n) is 12.7. The van der Waals surface area contributed by atoms with Gasteiger partial charge in [0.2, 0.25) is 0 Å². The number of pyridine rings is 2. The first-order valence-corrected chi connectivity index (χ1v) is 17.1. The minimum atomic E-state index is 0.699. The predicted octanol–water partition coefficient (Wildman–Crippen LogP) is 11.3. The van der Waals surface area contributed by atoms with Crippen molar-refractivity contribution in [3.63, 3.8) is 0 Å². The average molecular weight is 652 g/mol. The highest BCUT2D eigenvalue weighted by atomic mass is 15.0. The Labute approximate surface area is 294 Å². The van der Waals surface area contributed by atoms with Crippen molar-refractivity contribution in [1.29, 1.82) is 0 Å². The molecule has 6 aromatic carbocycles. The van der Waals surface area contributed by atoms with Crippen molar-refractivity contribution < 1.29 is 0 Å². The van der Waals surface area contributed by atoms with Crippen molar-refractivity contribution in [1.82, 2.24) is 24.3 Å². The molecule has 5 heteroatoms. The second-order valence-corrected chi connectivity index (χ2v) is 12.7. The second kappa shape index (κ2) is 11.9. The third-order valence-corrected chi connectivity index (χ3v) is 9.60. The van der Waals surface area contributed by atoms with E-state index in [0.717, 1.165) is 83.3 Å². The Hall–Kier alpha value is -6.98. The molecule has 0 fully saturated rings. The van der Waals surface area contributed by atoms with E-state index < -0.39 is 0 Å². The van der Waals surface area contributed by atoms with E-state index in [9.17, 15) is 0 Å². The van der Waals surface area contributed by atoms with Gasteiger partial charge in [0.15, 0.2) is 5.82 Å². The summed E-state index contributed by atoms with van der Waals surface area (Å²) in [5.41, 5.74) is 14.2. The van der Waals surface area contributed by atoms with Crippen molar-refractivity contribution in [3.05, 3.63) is 176 Å². The molecule has 0 bridgehead atoms. The van der Waals surface area contributed by atoms with Crippen LogP contribution in [0.4, 0.5) is 0 Å². The first-order chi connectivity index (χ1) is 25.3. The Bertz CT molecular complexity index is 2910. The SMILES string of the molecule is c1ccc(-c2cccc(-c3nc(-c4ccc(-c5cccc(-c6nc7ccccc7c7nc8ccccn8c67)c5)cc4)nc4ccccc34)c2)cc1. The van der Waals surface area contributed by atoms with E-state index in [4.69, 9.17) is 19.9 Å². The third kappa shape index (κ3) is 5.03. The maximum absolute atomic E-state index is 5.19. The molecule has 0 amide bonds. The number of hydrogen-bond donors (Lipinski definition) is 0. The molecule has 0 saturated heterocycles. The molecule has 0 spiro atoms. The van der Waals surface area contributed by atoms with Crippen LogP contribution >= 0.6 is 0 Å². The van der Waals surface area contributed by atoms with Gasteiger partial charge in [-0.1, -0.05) is 133 Å². The van der Waals surface area contributed by atoms with E-state index in [-0.39, 0.29) is 0 Å². The molecular weight excluding hydrogens is 623 g/mol. The van der Waals surface area contributed by atoms with Crippen LogP contribution in [0, 0.1) is 0 Å². The lowest BCUT2D eigenvalue weighted by Crippen LogP contribution is -1.95. The predicted molar refractivity (Wildman–Crippen MR) is 208 cm³/mol. The summed E-state index contributed by atoms with van der Waals surface area (Å²) >= 11 is 0. The van der Waals surface area contributed by atoms with E-state index in [1.54, 1.807) is 0 Å². The standard InChI is InChI=1S/C46H29N5/c1-2-12-30(13-3-1)33-14-10-16-35(28-33)42-37-18-4-7-21-40(37)48-46(50-42)32-25-23-31(24-26-32)34-15-11-17-36(29-34)43-45-44(38-19-5-6-20-39(38)47-43)49-41-22-8-9-27-51(41)45/h1-29H. The summed E-state index contributed by atoms with van der Waals surface area (Å²) in [5.74, 6) is 0.699. The topological polar surface area (TPSA) is 56.0 Å². The van der Waals surface area contributed by atoms with Crippen LogP contribution in [0.5, 0.6) is 0 Å². The molecule has 5 nitrogen and oxygen atoms in total. The lowest BCUT2D eigenvalue weighted by Gasteiger charge is -2.12. The van der Waals surface area contributed by atoms with Crippen molar-refractivity contribution >= 4 is 38.5 Å². The number of nitrogens with zero attached hydrogens (tertiary/aromatic N) is 5. The summed E-state index contributed by atoms with van der Waals surface area (Å²) in [6, 6.07) is 58.8. The Balaban J connectivity index is 1.05. The van der Waals surface area contributed by atoms with E-state index in [1.807, 2.05) is 48.5 Å². The fraction of sp³-hybridized carbons (Fsp3) is 0. The molecule has 10 rings (SSSR count). The van der Waals surface area contributed by atoms with E-state index >= 15 is 0 Å². The molecule has 0 aliphatic carbocycles. The highest BCUT2D eigenvalue weighted by molar-refractivity contribution is 6.09. The van der Waals surface area contributed by atoms with Crippen molar-refractivity contribution in [2.75, 3.05) is 0 Å². The van der Waals surface area contributed by atoms with E-state index in [1.165, 1.54) is 5.56 Å². The Morgan fingerprint density at radius 1 is 0.353 bits per heavy atom. The van der Waals surface area contributed by atoms with Gasteiger partial charge in [-0.2, -0.15) is 0 Å². The van der Waals surface area contributed by atoms with Gasteiger partial charge < -0.3 is 0 Å². The molecule has 0 aliphatic heterocycles. The normalized spacial score (nSPS) is 11.5. The smallest absolute Gasteiger partial charge is 0.160 e. The molecule has 0 unspecified atom stereocenters. The average Bonchev–Trinajstić information content (AvgIpc) is 3.61. The van der Waals surface area contributed by atoms with Crippen LogP contribution < -0.4 is 0 Å². The minimum absolute atomic E-state index is 0.699. The molecule has 4 heterocycles. The fourth-order valence-electron chi connectivity index (χ4n) is 7.12. The summed E-state index contributed by atoms with van der Waals surface area (Å²) in [4.78, 5) is 20.4. The third-order valence-electron chi connectivity index (χ3n) is 9.60. The van der Waals surface area contributed by atoms with Gasteiger partial charge in [-0.15, -0.1) is 0 Å². The van der Waals surface area contributed by atoms with Crippen molar-refractivity contribution in [2.24, 2.45) is 0 Å². The number of benzene rings is 6. The monoisotopic (exact) mass is 651 g/mol.